The fraction of sp³-hybridized carbons (Fsp3) is 0.861. The van der Waals surface area contributed by atoms with Crippen molar-refractivity contribution in [1.82, 2.24) is 0 Å². The molecular formula is C36H67NO6. The lowest BCUT2D eigenvalue weighted by molar-refractivity contribution is -0.929. The van der Waals surface area contributed by atoms with E-state index in [1.54, 1.807) is 0 Å². The van der Waals surface area contributed by atoms with Gasteiger partial charge in [0.1, 0.15) is 0 Å². The van der Waals surface area contributed by atoms with Gasteiger partial charge in [-0.1, -0.05) is 109 Å². The SMILES string of the molecule is CCCCC/C=C/CCCCCCCCCCCCCCCCC[N+](CCCC(=O)[O-])(CCCC(=O)O)CCCC(=O)O. The Balaban J connectivity index is 3.98. The van der Waals surface area contributed by atoms with Crippen LogP contribution in [0, 0.1) is 0 Å². The summed E-state index contributed by atoms with van der Waals surface area (Å²) in [6.07, 6.45) is 32.3. The normalized spacial score (nSPS) is 11.8. The summed E-state index contributed by atoms with van der Waals surface area (Å²) in [7, 11) is 0. The second-order valence-electron chi connectivity index (χ2n) is 12.8. The van der Waals surface area contributed by atoms with E-state index in [4.69, 9.17) is 10.2 Å². The van der Waals surface area contributed by atoms with E-state index in [0.717, 1.165) is 19.4 Å². The molecule has 0 saturated carbocycles. The maximum Gasteiger partial charge on any atom is 0.303 e. The molecule has 0 aromatic carbocycles. The monoisotopic (exact) mass is 609 g/mol. The van der Waals surface area contributed by atoms with Crippen LogP contribution in [-0.2, 0) is 14.4 Å². The smallest absolute Gasteiger partial charge is 0.303 e. The molecule has 0 aliphatic heterocycles. The number of carbonyl (C=O) groups is 3. The number of unbranched alkanes of at least 4 members (excludes halogenated alkanes) is 18. The first-order valence-corrected chi connectivity index (χ1v) is 17.9. The van der Waals surface area contributed by atoms with Crippen molar-refractivity contribution in [3.8, 4) is 0 Å². The summed E-state index contributed by atoms with van der Waals surface area (Å²) < 4.78 is 0.615. The van der Waals surface area contributed by atoms with Gasteiger partial charge in [-0.2, -0.15) is 0 Å². The zero-order valence-corrected chi connectivity index (χ0v) is 27.8. The molecular weight excluding hydrogens is 542 g/mol. The molecule has 43 heavy (non-hydrogen) atoms. The van der Waals surface area contributed by atoms with E-state index in [2.05, 4.69) is 19.1 Å². The van der Waals surface area contributed by atoms with Gasteiger partial charge in [-0.3, -0.25) is 9.59 Å². The zero-order valence-electron chi connectivity index (χ0n) is 27.8. The molecule has 0 amide bonds. The first-order valence-electron chi connectivity index (χ1n) is 17.9. The molecule has 0 bridgehead atoms. The highest BCUT2D eigenvalue weighted by Crippen LogP contribution is 2.19. The van der Waals surface area contributed by atoms with Crippen molar-refractivity contribution in [2.45, 2.75) is 174 Å². The van der Waals surface area contributed by atoms with Crippen molar-refractivity contribution >= 4 is 17.9 Å². The lowest BCUT2D eigenvalue weighted by Crippen LogP contribution is -2.51. The summed E-state index contributed by atoms with van der Waals surface area (Å²) in [5, 5.41) is 29.2. The molecule has 0 spiro atoms. The Kier molecular flexibility index (Phi) is 28.8. The van der Waals surface area contributed by atoms with Crippen molar-refractivity contribution in [2.24, 2.45) is 0 Å². The lowest BCUT2D eigenvalue weighted by Gasteiger charge is -2.39. The number of quaternary nitrogens is 1. The Morgan fingerprint density at radius 3 is 1.19 bits per heavy atom. The van der Waals surface area contributed by atoms with Gasteiger partial charge < -0.3 is 24.6 Å². The maximum absolute atomic E-state index is 11.1. The summed E-state index contributed by atoms with van der Waals surface area (Å²) in [5.41, 5.74) is 0. The summed E-state index contributed by atoms with van der Waals surface area (Å²) in [5.74, 6) is -2.74. The quantitative estimate of drug-likeness (QED) is 0.0430. The average molecular weight is 610 g/mol. The minimum Gasteiger partial charge on any atom is -0.550 e. The molecule has 7 nitrogen and oxygen atoms in total. The third-order valence-electron chi connectivity index (χ3n) is 8.70. The number of aliphatic carboxylic acids is 3. The Bertz CT molecular complexity index is 658. The number of hydrogen-bond donors (Lipinski definition) is 2. The van der Waals surface area contributed by atoms with E-state index in [0.29, 0.717) is 43.4 Å². The summed E-state index contributed by atoms with van der Waals surface area (Å²) >= 11 is 0. The van der Waals surface area contributed by atoms with E-state index in [1.165, 1.54) is 116 Å². The van der Waals surface area contributed by atoms with Gasteiger partial charge in [0.25, 0.3) is 0 Å². The zero-order chi connectivity index (χ0) is 31.9. The fourth-order valence-electron chi connectivity index (χ4n) is 6.12. The van der Waals surface area contributed by atoms with Crippen molar-refractivity contribution in [2.75, 3.05) is 26.2 Å². The number of rotatable bonds is 34. The average Bonchev–Trinajstić information content (AvgIpc) is 2.95. The number of nitrogens with zero attached hydrogens (tertiary/aromatic N) is 1. The Morgan fingerprint density at radius 1 is 0.488 bits per heavy atom. The molecule has 0 fully saturated rings. The summed E-state index contributed by atoms with van der Waals surface area (Å²) in [6, 6.07) is 0. The molecule has 0 saturated heterocycles. The van der Waals surface area contributed by atoms with E-state index in [1.807, 2.05) is 0 Å². The number of carboxylic acid groups (broad SMARTS) is 3. The van der Waals surface area contributed by atoms with Gasteiger partial charge in [0.2, 0.25) is 0 Å². The Labute approximate surface area is 264 Å². The Hall–Kier alpha value is -1.89. The molecule has 0 rings (SSSR count). The van der Waals surface area contributed by atoms with Gasteiger partial charge in [-0.05, 0) is 44.9 Å². The number of allylic oxidation sites excluding steroid dienone is 2. The van der Waals surface area contributed by atoms with Crippen LogP contribution in [0.2, 0.25) is 0 Å². The van der Waals surface area contributed by atoms with Crippen LogP contribution in [0.25, 0.3) is 0 Å². The highest BCUT2D eigenvalue weighted by molar-refractivity contribution is 5.66. The van der Waals surface area contributed by atoms with E-state index < -0.39 is 17.9 Å². The van der Waals surface area contributed by atoms with Crippen LogP contribution in [0.1, 0.15) is 174 Å². The molecule has 0 radical (unpaired) electrons. The largest absolute Gasteiger partial charge is 0.550 e. The van der Waals surface area contributed by atoms with Gasteiger partial charge in [0.05, 0.1) is 39.0 Å². The van der Waals surface area contributed by atoms with Gasteiger partial charge in [-0.15, -0.1) is 0 Å². The highest BCUT2D eigenvalue weighted by Gasteiger charge is 2.26. The molecule has 2 N–H and O–H groups in total. The summed E-state index contributed by atoms with van der Waals surface area (Å²) in [4.78, 5) is 33.1. The minimum absolute atomic E-state index is 0.0186. The topological polar surface area (TPSA) is 115 Å². The third kappa shape index (κ3) is 29.9. The van der Waals surface area contributed by atoms with Crippen LogP contribution in [0.4, 0.5) is 0 Å². The van der Waals surface area contributed by atoms with Crippen LogP contribution in [0.15, 0.2) is 12.2 Å². The predicted octanol–water partition coefficient (Wildman–Crippen LogP) is 8.44. The molecule has 0 aromatic heterocycles. The number of carbonyl (C=O) groups excluding carboxylic acids is 1. The van der Waals surface area contributed by atoms with Crippen LogP contribution in [0.3, 0.4) is 0 Å². The number of carboxylic acids is 3. The second-order valence-corrected chi connectivity index (χ2v) is 12.8. The fourth-order valence-corrected chi connectivity index (χ4v) is 6.12. The molecule has 7 heteroatoms. The summed E-state index contributed by atoms with van der Waals surface area (Å²) in [6.45, 7) is 5.03. The molecule has 0 aliphatic carbocycles. The standard InChI is InChI=1S/C36H67NO6/c1-2-3-4-5-6-7-8-9-10-11-12-13-14-15-16-17-18-19-20-21-22-23-30-37(31-24-27-34(38)39,32-25-28-35(40)41)33-26-29-36(42)43/h6-7H,2-5,8-33H2,1H3,(H2-,38,39,40,41,42,43)/b7-6+. The van der Waals surface area contributed by atoms with Gasteiger partial charge in [0, 0.05) is 25.2 Å². The van der Waals surface area contributed by atoms with Crippen molar-refractivity contribution < 1.29 is 34.2 Å². The molecule has 0 unspecified atom stereocenters. The molecule has 0 aliphatic rings. The van der Waals surface area contributed by atoms with Crippen LogP contribution in [-0.4, -0.2) is 58.8 Å². The molecule has 252 valence electrons. The molecule has 0 aromatic rings. The third-order valence-corrected chi connectivity index (χ3v) is 8.70. The lowest BCUT2D eigenvalue weighted by atomic mass is 10.0. The highest BCUT2D eigenvalue weighted by atomic mass is 16.4. The van der Waals surface area contributed by atoms with Gasteiger partial charge in [0.15, 0.2) is 0 Å². The molecule has 0 atom stereocenters. The van der Waals surface area contributed by atoms with E-state index in [9.17, 15) is 19.5 Å². The van der Waals surface area contributed by atoms with E-state index in [-0.39, 0.29) is 19.3 Å². The molecule has 0 heterocycles. The van der Waals surface area contributed by atoms with Crippen molar-refractivity contribution in [1.29, 1.82) is 0 Å². The van der Waals surface area contributed by atoms with Gasteiger partial charge in [-0.25, -0.2) is 0 Å². The second kappa shape index (κ2) is 30.1. The van der Waals surface area contributed by atoms with Gasteiger partial charge >= 0.3 is 11.9 Å². The number of hydrogen-bond acceptors (Lipinski definition) is 4. The minimum atomic E-state index is -1.07. The van der Waals surface area contributed by atoms with Crippen LogP contribution >= 0.6 is 0 Å². The Morgan fingerprint density at radius 2 is 0.814 bits per heavy atom. The maximum atomic E-state index is 11.1. The first kappa shape index (κ1) is 41.1. The van der Waals surface area contributed by atoms with Crippen molar-refractivity contribution in [3.63, 3.8) is 0 Å². The van der Waals surface area contributed by atoms with Crippen molar-refractivity contribution in [3.05, 3.63) is 12.2 Å². The predicted molar refractivity (Wildman–Crippen MR) is 175 cm³/mol. The van der Waals surface area contributed by atoms with Crippen LogP contribution < -0.4 is 5.11 Å². The van der Waals surface area contributed by atoms with E-state index >= 15 is 0 Å². The first-order chi connectivity index (χ1) is 20.8. The van der Waals surface area contributed by atoms with Crippen LogP contribution in [0.5, 0.6) is 0 Å².